The van der Waals surface area contributed by atoms with E-state index >= 15 is 0 Å². The first-order valence-electron chi connectivity index (χ1n) is 15.3. The van der Waals surface area contributed by atoms with Crippen LogP contribution < -0.4 is 15.4 Å². The quantitative estimate of drug-likeness (QED) is 0.131. The lowest BCUT2D eigenvalue weighted by molar-refractivity contribution is -0.118. The molecule has 0 radical (unpaired) electrons. The number of benzene rings is 4. The van der Waals surface area contributed by atoms with Crippen LogP contribution in [0.25, 0.3) is 11.1 Å². The van der Waals surface area contributed by atoms with Gasteiger partial charge in [0.15, 0.2) is 0 Å². The zero-order valence-electron chi connectivity index (χ0n) is 27.2. The van der Waals surface area contributed by atoms with Crippen LogP contribution in [0.2, 0.25) is 5.02 Å². The van der Waals surface area contributed by atoms with Crippen molar-refractivity contribution in [2.45, 2.75) is 46.5 Å². The van der Waals surface area contributed by atoms with Gasteiger partial charge in [-0.25, -0.2) is 0 Å². The Hall–Kier alpha value is -4.18. The van der Waals surface area contributed by atoms with Gasteiger partial charge in [0, 0.05) is 28.4 Å². The molecule has 4 aromatic rings. The SMILES string of the molecule is Cc1ccc(-c2ccc(NC(=O)C(c3ccc(OCC(C)(C)C)cc3)C(C)c3ccc(C(=O)NCCS(=O)(=O)O)cc3)cc2)c(Cl)c1. The van der Waals surface area contributed by atoms with Crippen molar-refractivity contribution in [3.63, 3.8) is 0 Å². The molecule has 47 heavy (non-hydrogen) atoms. The zero-order chi connectivity index (χ0) is 34.4. The lowest BCUT2D eigenvalue weighted by Crippen LogP contribution is -2.29. The molecule has 4 rings (SSSR count). The van der Waals surface area contributed by atoms with E-state index in [2.05, 4.69) is 31.4 Å². The van der Waals surface area contributed by atoms with E-state index in [0.717, 1.165) is 27.8 Å². The lowest BCUT2D eigenvalue weighted by Gasteiger charge is -2.25. The summed E-state index contributed by atoms with van der Waals surface area (Å²) in [6.45, 7) is 10.6. The van der Waals surface area contributed by atoms with Crippen molar-refractivity contribution in [3.05, 3.63) is 118 Å². The van der Waals surface area contributed by atoms with Crippen molar-refractivity contribution in [2.24, 2.45) is 5.41 Å². The number of ether oxygens (including phenoxy) is 1. The average molecular weight is 677 g/mol. The molecule has 0 fully saturated rings. The maximum Gasteiger partial charge on any atom is 0.266 e. The van der Waals surface area contributed by atoms with Crippen LogP contribution in [0.1, 0.15) is 66.6 Å². The summed E-state index contributed by atoms with van der Waals surface area (Å²) in [6.07, 6.45) is 0. The first kappa shape index (κ1) is 35.7. The lowest BCUT2D eigenvalue weighted by atomic mass is 9.81. The van der Waals surface area contributed by atoms with Crippen LogP contribution in [-0.4, -0.2) is 43.7 Å². The summed E-state index contributed by atoms with van der Waals surface area (Å²) in [5.74, 6) is -1.42. The fourth-order valence-corrected chi connectivity index (χ4v) is 5.78. The maximum absolute atomic E-state index is 14.0. The Labute approximate surface area is 282 Å². The van der Waals surface area contributed by atoms with Gasteiger partial charge in [-0.2, -0.15) is 8.42 Å². The molecule has 10 heteroatoms. The van der Waals surface area contributed by atoms with Gasteiger partial charge in [0.25, 0.3) is 16.0 Å². The van der Waals surface area contributed by atoms with E-state index in [0.29, 0.717) is 28.6 Å². The summed E-state index contributed by atoms with van der Waals surface area (Å²) < 4.78 is 36.8. The molecule has 3 N–H and O–H groups in total. The number of hydrogen-bond acceptors (Lipinski definition) is 5. The van der Waals surface area contributed by atoms with Gasteiger partial charge in [-0.3, -0.25) is 14.1 Å². The summed E-state index contributed by atoms with van der Waals surface area (Å²) in [6, 6.07) is 27.8. The van der Waals surface area contributed by atoms with E-state index < -0.39 is 27.7 Å². The third-order valence-corrected chi connectivity index (χ3v) is 8.66. The highest BCUT2D eigenvalue weighted by molar-refractivity contribution is 7.85. The van der Waals surface area contributed by atoms with Crippen LogP contribution in [0, 0.1) is 12.3 Å². The van der Waals surface area contributed by atoms with Crippen LogP contribution >= 0.6 is 11.6 Å². The topological polar surface area (TPSA) is 122 Å². The molecule has 0 aliphatic carbocycles. The van der Waals surface area contributed by atoms with Gasteiger partial charge in [-0.1, -0.05) is 87.8 Å². The predicted molar refractivity (Wildman–Crippen MR) is 188 cm³/mol. The van der Waals surface area contributed by atoms with Crippen molar-refractivity contribution in [2.75, 3.05) is 24.2 Å². The smallest absolute Gasteiger partial charge is 0.266 e. The van der Waals surface area contributed by atoms with Crippen LogP contribution in [-0.2, 0) is 14.9 Å². The molecule has 2 amide bonds. The highest BCUT2D eigenvalue weighted by Gasteiger charge is 2.29. The Morgan fingerprint density at radius 3 is 2.09 bits per heavy atom. The molecule has 0 aliphatic rings. The van der Waals surface area contributed by atoms with Crippen LogP contribution in [0.3, 0.4) is 0 Å². The number of rotatable bonds is 12. The second kappa shape index (κ2) is 15.2. The molecule has 2 atom stereocenters. The summed E-state index contributed by atoms with van der Waals surface area (Å²) in [4.78, 5) is 26.5. The minimum absolute atomic E-state index is 0.00442. The minimum Gasteiger partial charge on any atom is -0.493 e. The fraction of sp³-hybridized carbons (Fsp3) is 0.297. The zero-order valence-corrected chi connectivity index (χ0v) is 28.8. The van der Waals surface area contributed by atoms with Gasteiger partial charge in [0.05, 0.1) is 18.3 Å². The van der Waals surface area contributed by atoms with Crippen LogP contribution in [0.5, 0.6) is 5.75 Å². The van der Waals surface area contributed by atoms with E-state index in [1.54, 1.807) is 24.3 Å². The van der Waals surface area contributed by atoms with E-state index in [1.807, 2.05) is 80.6 Å². The Morgan fingerprint density at radius 2 is 1.51 bits per heavy atom. The Morgan fingerprint density at radius 1 is 0.894 bits per heavy atom. The monoisotopic (exact) mass is 676 g/mol. The molecular formula is C37H41ClN2O6S. The van der Waals surface area contributed by atoms with Gasteiger partial charge < -0.3 is 15.4 Å². The third kappa shape index (κ3) is 10.4. The Kier molecular flexibility index (Phi) is 11.5. The van der Waals surface area contributed by atoms with Gasteiger partial charge in [0.2, 0.25) is 5.91 Å². The van der Waals surface area contributed by atoms with Crippen LogP contribution in [0.4, 0.5) is 5.69 Å². The second-order valence-electron chi connectivity index (χ2n) is 12.9. The van der Waals surface area contributed by atoms with Gasteiger partial charge in [0.1, 0.15) is 5.75 Å². The molecule has 0 heterocycles. The number of aryl methyl sites for hydroxylation is 1. The number of anilines is 1. The molecule has 248 valence electrons. The van der Waals surface area contributed by atoms with Gasteiger partial charge >= 0.3 is 0 Å². The highest BCUT2D eigenvalue weighted by atomic mass is 35.5. The van der Waals surface area contributed by atoms with Crippen molar-refractivity contribution in [3.8, 4) is 16.9 Å². The van der Waals surface area contributed by atoms with Crippen molar-refractivity contribution >= 4 is 39.2 Å². The molecule has 0 aliphatic heterocycles. The first-order valence-corrected chi connectivity index (χ1v) is 17.3. The number of nitrogens with one attached hydrogen (secondary N) is 2. The molecule has 4 aromatic carbocycles. The van der Waals surface area contributed by atoms with Gasteiger partial charge in [-0.05, 0) is 83.0 Å². The molecule has 0 spiro atoms. The van der Waals surface area contributed by atoms with Crippen molar-refractivity contribution in [1.82, 2.24) is 5.32 Å². The largest absolute Gasteiger partial charge is 0.493 e. The maximum atomic E-state index is 14.0. The Balaban J connectivity index is 1.56. The third-order valence-electron chi connectivity index (χ3n) is 7.63. The molecule has 8 nitrogen and oxygen atoms in total. The number of hydrogen-bond donors (Lipinski definition) is 3. The van der Waals surface area contributed by atoms with E-state index in [4.69, 9.17) is 20.9 Å². The number of halogens is 1. The molecule has 0 saturated carbocycles. The second-order valence-corrected chi connectivity index (χ2v) is 14.9. The summed E-state index contributed by atoms with van der Waals surface area (Å²) >= 11 is 6.48. The molecular weight excluding hydrogens is 636 g/mol. The van der Waals surface area contributed by atoms with Crippen LogP contribution in [0.15, 0.2) is 91.0 Å². The number of carbonyl (C=O) groups is 2. The van der Waals surface area contributed by atoms with Crippen molar-refractivity contribution < 1.29 is 27.3 Å². The predicted octanol–water partition coefficient (Wildman–Crippen LogP) is 7.88. The molecule has 0 bridgehead atoms. The summed E-state index contributed by atoms with van der Waals surface area (Å²) in [5.41, 5.74) is 5.51. The molecule has 0 saturated heterocycles. The van der Waals surface area contributed by atoms with Gasteiger partial charge in [-0.15, -0.1) is 0 Å². The first-order chi connectivity index (χ1) is 22.1. The Bertz CT molecular complexity index is 1800. The van der Waals surface area contributed by atoms with E-state index in [1.165, 1.54) is 0 Å². The highest BCUT2D eigenvalue weighted by Crippen LogP contribution is 2.36. The van der Waals surface area contributed by atoms with Crippen molar-refractivity contribution in [1.29, 1.82) is 0 Å². The normalized spacial score (nSPS) is 13.0. The fourth-order valence-electron chi connectivity index (χ4n) is 5.07. The minimum atomic E-state index is -4.18. The molecule has 2 unspecified atom stereocenters. The number of carbonyl (C=O) groups excluding carboxylic acids is 2. The molecule has 0 aromatic heterocycles. The van der Waals surface area contributed by atoms with E-state index in [-0.39, 0.29) is 23.8 Å². The summed E-state index contributed by atoms with van der Waals surface area (Å²) in [5, 5.41) is 6.22. The summed E-state index contributed by atoms with van der Waals surface area (Å²) in [7, 11) is -4.18. The number of amides is 2. The standard InChI is InChI=1S/C37H41ClN2O6S/c1-24-6-19-32(33(38)22-24)27-11-15-30(16-12-27)40-36(42)34(28-13-17-31(18-14-28)46-23-37(3,4)5)25(2)26-7-9-29(10-8-26)35(41)39-20-21-47(43,44)45/h6-19,22,25,34H,20-21,23H2,1-5H3,(H,39,41)(H,40,42)(H,43,44,45). The average Bonchev–Trinajstić information content (AvgIpc) is 3.00. The van der Waals surface area contributed by atoms with E-state index in [9.17, 15) is 18.0 Å².